The largest absolute Gasteiger partial charge is 0.481 e. The Morgan fingerprint density at radius 3 is 2.57 bits per heavy atom. The molecule has 162 valence electrons. The standard InChI is InChI=1S/C24H31ClN2O3/c1-4-18(15-23(28)29)21-7-5-6-8-22(21)27-13-14-30-16-24(27,17(2)3)26-20-11-9-19(25)10-12-20/h5-12,17-18,26H,4,13-16H2,1-3H3,(H,28,29)/t18?,24-/m0/s1. The average Bonchev–Trinajstić information content (AvgIpc) is 2.74. The molecule has 1 unspecified atom stereocenters. The third kappa shape index (κ3) is 4.73. The molecule has 0 radical (unpaired) electrons. The second-order valence-corrected chi connectivity index (χ2v) is 8.61. The van der Waals surface area contributed by atoms with E-state index in [-0.39, 0.29) is 18.3 Å². The van der Waals surface area contributed by atoms with Gasteiger partial charge in [0.25, 0.3) is 0 Å². The third-order valence-corrected chi connectivity index (χ3v) is 6.26. The number of aliphatic carboxylic acids is 1. The number of hydrogen-bond donors (Lipinski definition) is 2. The topological polar surface area (TPSA) is 61.8 Å². The summed E-state index contributed by atoms with van der Waals surface area (Å²) in [5.74, 6) is -0.587. The molecule has 1 aliphatic heterocycles. The maximum atomic E-state index is 11.5. The van der Waals surface area contributed by atoms with Gasteiger partial charge in [0.2, 0.25) is 0 Å². The Morgan fingerprint density at radius 1 is 1.23 bits per heavy atom. The Balaban J connectivity index is 2.05. The SMILES string of the molecule is CCC(CC(=O)O)c1ccccc1N1CCOC[C@@]1(Nc1ccc(Cl)cc1)C(C)C. The molecule has 0 aliphatic carbocycles. The molecule has 1 aliphatic rings. The predicted octanol–water partition coefficient (Wildman–Crippen LogP) is 5.61. The summed E-state index contributed by atoms with van der Waals surface area (Å²) in [5, 5.41) is 13.8. The highest BCUT2D eigenvalue weighted by molar-refractivity contribution is 6.30. The lowest BCUT2D eigenvalue weighted by Crippen LogP contribution is -2.65. The van der Waals surface area contributed by atoms with Gasteiger partial charge in [-0.05, 0) is 54.2 Å². The molecule has 0 amide bonds. The van der Waals surface area contributed by atoms with Crippen LogP contribution in [0.2, 0.25) is 5.02 Å². The maximum absolute atomic E-state index is 11.5. The summed E-state index contributed by atoms with van der Waals surface area (Å²) in [7, 11) is 0. The molecule has 2 N–H and O–H groups in total. The Bertz CT molecular complexity index is 856. The van der Waals surface area contributed by atoms with Crippen molar-refractivity contribution in [3.63, 3.8) is 0 Å². The van der Waals surface area contributed by atoms with Crippen molar-refractivity contribution in [1.82, 2.24) is 0 Å². The van der Waals surface area contributed by atoms with Crippen molar-refractivity contribution in [1.29, 1.82) is 0 Å². The lowest BCUT2D eigenvalue weighted by molar-refractivity contribution is -0.137. The van der Waals surface area contributed by atoms with Crippen molar-refractivity contribution in [2.75, 3.05) is 30.0 Å². The summed E-state index contributed by atoms with van der Waals surface area (Å²) in [6, 6.07) is 15.9. The molecule has 30 heavy (non-hydrogen) atoms. The van der Waals surface area contributed by atoms with Gasteiger partial charge in [0.15, 0.2) is 0 Å². The summed E-state index contributed by atoms with van der Waals surface area (Å²) in [6.07, 6.45) is 0.893. The Labute approximate surface area is 184 Å². The molecule has 0 aromatic heterocycles. The first kappa shape index (κ1) is 22.4. The molecule has 2 aromatic carbocycles. The molecule has 1 fully saturated rings. The summed E-state index contributed by atoms with van der Waals surface area (Å²) in [5.41, 5.74) is 2.65. The summed E-state index contributed by atoms with van der Waals surface area (Å²) in [6.45, 7) is 8.28. The Kier molecular flexibility index (Phi) is 7.27. The van der Waals surface area contributed by atoms with Gasteiger partial charge in [-0.1, -0.05) is 50.6 Å². The third-order valence-electron chi connectivity index (χ3n) is 6.00. The first-order valence-corrected chi connectivity index (χ1v) is 10.9. The van der Waals surface area contributed by atoms with E-state index in [9.17, 15) is 9.90 Å². The molecule has 1 heterocycles. The number of ether oxygens (including phenoxy) is 1. The fraction of sp³-hybridized carbons (Fsp3) is 0.458. The molecule has 2 atom stereocenters. The zero-order valence-corrected chi connectivity index (χ0v) is 18.7. The minimum absolute atomic E-state index is 0.0399. The van der Waals surface area contributed by atoms with E-state index >= 15 is 0 Å². The number of anilines is 2. The lowest BCUT2D eigenvalue weighted by atomic mass is 9.87. The van der Waals surface area contributed by atoms with Crippen molar-refractivity contribution >= 4 is 28.9 Å². The number of nitrogens with one attached hydrogen (secondary N) is 1. The van der Waals surface area contributed by atoms with E-state index in [0.717, 1.165) is 29.9 Å². The van der Waals surface area contributed by atoms with Gasteiger partial charge in [0.1, 0.15) is 5.66 Å². The van der Waals surface area contributed by atoms with Crippen molar-refractivity contribution in [2.24, 2.45) is 5.92 Å². The van der Waals surface area contributed by atoms with Crippen LogP contribution in [0.1, 0.15) is 45.1 Å². The zero-order valence-electron chi connectivity index (χ0n) is 17.9. The lowest BCUT2D eigenvalue weighted by Gasteiger charge is -2.52. The van der Waals surface area contributed by atoms with Gasteiger partial charge in [-0.3, -0.25) is 4.79 Å². The monoisotopic (exact) mass is 430 g/mol. The molecule has 5 nitrogen and oxygen atoms in total. The van der Waals surface area contributed by atoms with E-state index in [1.807, 2.05) is 43.3 Å². The van der Waals surface area contributed by atoms with E-state index in [2.05, 4.69) is 36.2 Å². The van der Waals surface area contributed by atoms with Crippen LogP contribution in [-0.4, -0.2) is 36.5 Å². The number of morpholine rings is 1. The van der Waals surface area contributed by atoms with E-state index in [0.29, 0.717) is 18.2 Å². The van der Waals surface area contributed by atoms with Crippen molar-refractivity contribution < 1.29 is 14.6 Å². The van der Waals surface area contributed by atoms with Crippen LogP contribution in [0.3, 0.4) is 0 Å². The number of halogens is 1. The molecule has 1 saturated heterocycles. The number of carbonyl (C=O) groups is 1. The molecule has 6 heteroatoms. The number of carboxylic acids is 1. The minimum Gasteiger partial charge on any atom is -0.481 e. The highest BCUT2D eigenvalue weighted by atomic mass is 35.5. The highest BCUT2D eigenvalue weighted by Gasteiger charge is 2.44. The molecular weight excluding hydrogens is 400 g/mol. The van der Waals surface area contributed by atoms with Crippen LogP contribution in [0, 0.1) is 5.92 Å². The van der Waals surface area contributed by atoms with Gasteiger partial charge in [-0.15, -0.1) is 0 Å². The number of rotatable bonds is 8. The number of carboxylic acid groups (broad SMARTS) is 1. The van der Waals surface area contributed by atoms with Crippen LogP contribution in [0.5, 0.6) is 0 Å². The number of hydrogen-bond acceptors (Lipinski definition) is 4. The van der Waals surface area contributed by atoms with Crippen LogP contribution in [-0.2, 0) is 9.53 Å². The fourth-order valence-corrected chi connectivity index (χ4v) is 4.40. The van der Waals surface area contributed by atoms with Crippen LogP contribution >= 0.6 is 11.6 Å². The van der Waals surface area contributed by atoms with E-state index < -0.39 is 11.6 Å². The molecule has 0 bridgehead atoms. The first-order valence-electron chi connectivity index (χ1n) is 10.6. The molecule has 0 saturated carbocycles. The number of benzene rings is 2. The maximum Gasteiger partial charge on any atom is 0.303 e. The van der Waals surface area contributed by atoms with Crippen LogP contribution in [0.4, 0.5) is 11.4 Å². The Hall–Kier alpha value is -2.24. The highest BCUT2D eigenvalue weighted by Crippen LogP contribution is 2.39. The molecule has 2 aromatic rings. The van der Waals surface area contributed by atoms with Gasteiger partial charge in [-0.2, -0.15) is 0 Å². The summed E-state index contributed by atoms with van der Waals surface area (Å²) in [4.78, 5) is 13.8. The van der Waals surface area contributed by atoms with Gasteiger partial charge in [0.05, 0.1) is 19.6 Å². The zero-order chi connectivity index (χ0) is 21.7. The van der Waals surface area contributed by atoms with Crippen LogP contribution < -0.4 is 10.2 Å². The number of para-hydroxylation sites is 1. The van der Waals surface area contributed by atoms with E-state index in [1.54, 1.807) is 0 Å². The van der Waals surface area contributed by atoms with Crippen molar-refractivity contribution in [3.05, 3.63) is 59.1 Å². The van der Waals surface area contributed by atoms with Crippen molar-refractivity contribution in [2.45, 2.75) is 45.2 Å². The predicted molar refractivity (Wildman–Crippen MR) is 123 cm³/mol. The fourth-order valence-electron chi connectivity index (χ4n) is 4.27. The molecular formula is C24H31ClN2O3. The molecule has 0 spiro atoms. The van der Waals surface area contributed by atoms with Gasteiger partial charge < -0.3 is 20.1 Å². The van der Waals surface area contributed by atoms with E-state index in [1.165, 1.54) is 0 Å². The van der Waals surface area contributed by atoms with Gasteiger partial charge >= 0.3 is 5.97 Å². The second-order valence-electron chi connectivity index (χ2n) is 8.18. The Morgan fingerprint density at radius 2 is 1.93 bits per heavy atom. The normalized spacial score (nSPS) is 20.2. The van der Waals surface area contributed by atoms with Crippen LogP contribution in [0.25, 0.3) is 0 Å². The summed E-state index contributed by atoms with van der Waals surface area (Å²) >= 11 is 6.08. The minimum atomic E-state index is -0.770. The smallest absolute Gasteiger partial charge is 0.303 e. The van der Waals surface area contributed by atoms with Crippen molar-refractivity contribution in [3.8, 4) is 0 Å². The average molecular weight is 431 g/mol. The second kappa shape index (κ2) is 9.71. The van der Waals surface area contributed by atoms with E-state index in [4.69, 9.17) is 16.3 Å². The number of nitrogens with zero attached hydrogens (tertiary/aromatic N) is 1. The first-order chi connectivity index (χ1) is 14.4. The van der Waals surface area contributed by atoms with Gasteiger partial charge in [-0.25, -0.2) is 0 Å². The van der Waals surface area contributed by atoms with Crippen LogP contribution in [0.15, 0.2) is 48.5 Å². The molecule has 3 rings (SSSR count). The van der Waals surface area contributed by atoms with Gasteiger partial charge in [0, 0.05) is 22.9 Å². The summed E-state index contributed by atoms with van der Waals surface area (Å²) < 4.78 is 5.96. The quantitative estimate of drug-likeness (QED) is 0.570.